The third kappa shape index (κ3) is 8.53. The van der Waals surface area contributed by atoms with Gasteiger partial charge >= 0.3 is 0 Å². The molecule has 1 aromatic carbocycles. The summed E-state index contributed by atoms with van der Waals surface area (Å²) >= 11 is 0. The number of nitrogens with one attached hydrogen (secondary N) is 2. The Kier molecular flexibility index (Phi) is 11.4. The molecule has 0 atom stereocenters. The van der Waals surface area contributed by atoms with E-state index in [9.17, 15) is 0 Å². The molecular weight excluding hydrogens is 503 g/mol. The van der Waals surface area contributed by atoms with Crippen molar-refractivity contribution in [3.8, 4) is 5.75 Å². The summed E-state index contributed by atoms with van der Waals surface area (Å²) in [6.45, 7) is 12.4. The minimum Gasteiger partial charge on any atom is -0.492 e. The number of halogens is 1. The number of likely N-dealkylation sites (N-methyl/N-ethyl adjacent to an activating group) is 1. The van der Waals surface area contributed by atoms with Gasteiger partial charge < -0.3 is 25.2 Å². The van der Waals surface area contributed by atoms with Gasteiger partial charge in [0.15, 0.2) is 5.96 Å². The van der Waals surface area contributed by atoms with Crippen molar-refractivity contribution in [3.05, 3.63) is 54.2 Å². The lowest BCUT2D eigenvalue weighted by Gasteiger charge is -2.34. The van der Waals surface area contributed by atoms with Gasteiger partial charge in [-0.2, -0.15) is 0 Å². The van der Waals surface area contributed by atoms with E-state index in [4.69, 9.17) is 4.74 Å². The summed E-state index contributed by atoms with van der Waals surface area (Å²) in [7, 11) is 0. The molecule has 0 amide bonds. The van der Waals surface area contributed by atoms with E-state index in [1.54, 1.807) is 0 Å². The first-order valence-corrected chi connectivity index (χ1v) is 10.9. The number of rotatable bonds is 9. The van der Waals surface area contributed by atoms with Crippen LogP contribution in [-0.2, 0) is 6.54 Å². The molecule has 3 rings (SSSR count). The molecule has 1 aromatic heterocycles. The van der Waals surface area contributed by atoms with E-state index in [-0.39, 0.29) is 24.0 Å². The van der Waals surface area contributed by atoms with Crippen molar-refractivity contribution < 1.29 is 4.74 Å². The number of anilines is 1. The molecule has 1 fully saturated rings. The fraction of sp³-hybridized carbons (Fsp3) is 0.478. The Labute approximate surface area is 203 Å². The monoisotopic (exact) mass is 538 g/mol. The maximum atomic E-state index is 5.72. The van der Waals surface area contributed by atoms with Gasteiger partial charge in [-0.3, -0.25) is 0 Å². The highest BCUT2D eigenvalue weighted by atomic mass is 127. The lowest BCUT2D eigenvalue weighted by atomic mass is 10.2. The van der Waals surface area contributed by atoms with Crippen LogP contribution in [0.2, 0.25) is 0 Å². The first-order chi connectivity index (χ1) is 14.8. The summed E-state index contributed by atoms with van der Waals surface area (Å²) in [5.41, 5.74) is 1.10. The Balaban J connectivity index is 0.00000341. The van der Waals surface area contributed by atoms with Gasteiger partial charge in [-0.05, 0) is 37.2 Å². The molecule has 0 unspecified atom stereocenters. The summed E-state index contributed by atoms with van der Waals surface area (Å²) in [5, 5.41) is 6.59. The van der Waals surface area contributed by atoms with E-state index in [0.29, 0.717) is 19.7 Å². The number of pyridine rings is 1. The molecule has 0 aliphatic carbocycles. The third-order valence-corrected chi connectivity index (χ3v) is 5.12. The first-order valence-electron chi connectivity index (χ1n) is 10.9. The zero-order valence-electron chi connectivity index (χ0n) is 18.6. The van der Waals surface area contributed by atoms with Crippen molar-refractivity contribution in [2.45, 2.75) is 20.4 Å². The van der Waals surface area contributed by atoms with Gasteiger partial charge in [0.2, 0.25) is 0 Å². The average molecular weight is 538 g/mol. The van der Waals surface area contributed by atoms with Crippen LogP contribution in [0.3, 0.4) is 0 Å². The molecule has 7 nitrogen and oxygen atoms in total. The molecule has 2 aromatic rings. The van der Waals surface area contributed by atoms with Crippen molar-refractivity contribution in [1.82, 2.24) is 20.5 Å². The minimum absolute atomic E-state index is 0. The van der Waals surface area contributed by atoms with Crippen LogP contribution in [0.15, 0.2) is 53.7 Å². The minimum atomic E-state index is 0. The van der Waals surface area contributed by atoms with Crippen LogP contribution in [0.4, 0.5) is 5.82 Å². The Morgan fingerprint density at radius 2 is 1.81 bits per heavy atom. The van der Waals surface area contributed by atoms with Gasteiger partial charge in [-0.1, -0.05) is 31.2 Å². The number of nitrogens with zero attached hydrogens (tertiary/aromatic N) is 4. The molecule has 8 heteroatoms. The zero-order chi connectivity index (χ0) is 21.0. The van der Waals surface area contributed by atoms with Crippen molar-refractivity contribution in [3.63, 3.8) is 0 Å². The fourth-order valence-electron chi connectivity index (χ4n) is 3.36. The number of aromatic nitrogens is 1. The van der Waals surface area contributed by atoms with Gasteiger partial charge in [0.05, 0.1) is 13.1 Å². The second-order valence-corrected chi connectivity index (χ2v) is 7.23. The molecule has 170 valence electrons. The summed E-state index contributed by atoms with van der Waals surface area (Å²) in [6.07, 6.45) is 1.94. The first kappa shape index (κ1) is 25.2. The SMILES string of the molecule is CCNC(=NCc1ccc(N2CCN(CC)CC2)nc1)NCCOc1ccccc1.I. The standard InChI is InChI=1S/C23H34N6O.HI/c1-3-24-23(25-12-17-30-21-8-6-5-7-9-21)27-19-20-10-11-22(26-18-20)29-15-13-28(4-2)14-16-29;/h5-11,18H,3-4,12-17,19H2,1-2H3,(H2,24,25,27);1H. The van der Waals surface area contributed by atoms with Crippen molar-refractivity contribution in [2.24, 2.45) is 4.99 Å². The Bertz CT molecular complexity index is 763. The summed E-state index contributed by atoms with van der Waals surface area (Å²) in [6, 6.07) is 14.1. The topological polar surface area (TPSA) is 65.0 Å². The highest BCUT2D eigenvalue weighted by Gasteiger charge is 2.16. The molecule has 0 radical (unpaired) electrons. The number of para-hydroxylation sites is 1. The molecule has 0 saturated carbocycles. The summed E-state index contributed by atoms with van der Waals surface area (Å²) < 4.78 is 5.72. The van der Waals surface area contributed by atoms with Crippen LogP contribution in [0.25, 0.3) is 0 Å². The molecule has 0 spiro atoms. The molecule has 1 aliphatic heterocycles. The molecule has 0 bridgehead atoms. The normalized spacial score (nSPS) is 14.6. The largest absolute Gasteiger partial charge is 0.492 e. The van der Waals surface area contributed by atoms with Crippen LogP contribution < -0.4 is 20.3 Å². The lowest BCUT2D eigenvalue weighted by Crippen LogP contribution is -2.46. The number of ether oxygens (including phenoxy) is 1. The Morgan fingerprint density at radius 1 is 1.03 bits per heavy atom. The number of aliphatic imine (C=N–C) groups is 1. The second-order valence-electron chi connectivity index (χ2n) is 7.23. The van der Waals surface area contributed by atoms with E-state index in [1.807, 2.05) is 36.5 Å². The highest BCUT2D eigenvalue weighted by Crippen LogP contribution is 2.14. The van der Waals surface area contributed by atoms with E-state index >= 15 is 0 Å². The van der Waals surface area contributed by atoms with Crippen LogP contribution in [0.5, 0.6) is 5.75 Å². The number of benzene rings is 1. The van der Waals surface area contributed by atoms with Gasteiger partial charge in [-0.15, -0.1) is 24.0 Å². The van der Waals surface area contributed by atoms with Gasteiger partial charge in [-0.25, -0.2) is 9.98 Å². The van der Waals surface area contributed by atoms with Gasteiger partial charge in [0.25, 0.3) is 0 Å². The van der Waals surface area contributed by atoms with E-state index < -0.39 is 0 Å². The number of hydrogen-bond donors (Lipinski definition) is 2. The van der Waals surface area contributed by atoms with Crippen molar-refractivity contribution in [1.29, 1.82) is 0 Å². The molecule has 2 N–H and O–H groups in total. The van der Waals surface area contributed by atoms with E-state index in [2.05, 4.69) is 56.4 Å². The fourth-order valence-corrected chi connectivity index (χ4v) is 3.36. The average Bonchev–Trinajstić information content (AvgIpc) is 2.81. The van der Waals surface area contributed by atoms with Gasteiger partial charge in [0.1, 0.15) is 18.2 Å². The number of piperazine rings is 1. The highest BCUT2D eigenvalue weighted by molar-refractivity contribution is 14.0. The van der Waals surface area contributed by atoms with E-state index in [0.717, 1.165) is 62.4 Å². The third-order valence-electron chi connectivity index (χ3n) is 5.12. The molecule has 2 heterocycles. The summed E-state index contributed by atoms with van der Waals surface area (Å²) in [5.74, 6) is 2.72. The molecular formula is C23H35IN6O. The Morgan fingerprint density at radius 3 is 2.45 bits per heavy atom. The van der Waals surface area contributed by atoms with Crippen LogP contribution in [-0.4, -0.2) is 68.3 Å². The Hall–Kier alpha value is -2.07. The molecule has 31 heavy (non-hydrogen) atoms. The number of hydrogen-bond acceptors (Lipinski definition) is 5. The van der Waals surface area contributed by atoms with Crippen LogP contribution in [0, 0.1) is 0 Å². The van der Waals surface area contributed by atoms with Crippen LogP contribution in [0.1, 0.15) is 19.4 Å². The predicted molar refractivity (Wildman–Crippen MR) is 139 cm³/mol. The quantitative estimate of drug-likeness (QED) is 0.222. The maximum absolute atomic E-state index is 5.72. The summed E-state index contributed by atoms with van der Waals surface area (Å²) in [4.78, 5) is 14.2. The molecule has 1 saturated heterocycles. The van der Waals surface area contributed by atoms with Crippen LogP contribution >= 0.6 is 24.0 Å². The predicted octanol–water partition coefficient (Wildman–Crippen LogP) is 2.98. The number of guanidine groups is 1. The van der Waals surface area contributed by atoms with E-state index in [1.165, 1.54) is 0 Å². The van der Waals surface area contributed by atoms with Crippen molar-refractivity contribution in [2.75, 3.05) is 57.3 Å². The van der Waals surface area contributed by atoms with Gasteiger partial charge in [0, 0.05) is 38.9 Å². The molecule has 1 aliphatic rings. The smallest absolute Gasteiger partial charge is 0.191 e. The maximum Gasteiger partial charge on any atom is 0.191 e. The second kappa shape index (κ2) is 14.1. The lowest BCUT2D eigenvalue weighted by molar-refractivity contribution is 0.270. The zero-order valence-corrected chi connectivity index (χ0v) is 20.9. The van der Waals surface area contributed by atoms with Crippen molar-refractivity contribution >= 4 is 35.8 Å².